The molecule has 3 heteroatoms. The van der Waals surface area contributed by atoms with Crippen LogP contribution in [0.5, 0.6) is 0 Å². The van der Waals surface area contributed by atoms with Crippen LogP contribution in [0.3, 0.4) is 0 Å². The third-order valence-electron chi connectivity index (χ3n) is 4.15. The number of carbonyl (C=O) groups is 1. The number of hydrogen-bond acceptors (Lipinski definition) is 2. The lowest BCUT2D eigenvalue weighted by atomic mass is 9.91. The molecule has 1 amide bonds. The third kappa shape index (κ3) is 2.54. The minimum atomic E-state index is 0.0581. The van der Waals surface area contributed by atoms with Gasteiger partial charge in [0.1, 0.15) is 0 Å². The number of nitrogens with one attached hydrogen (secondary N) is 2. The highest BCUT2D eigenvalue weighted by atomic mass is 16.1. The summed E-state index contributed by atoms with van der Waals surface area (Å²) in [5.41, 5.74) is 0.908. The first-order chi connectivity index (χ1) is 9.75. The maximum atomic E-state index is 12.5. The minimum Gasteiger partial charge on any atom is -0.325 e. The molecule has 20 heavy (non-hydrogen) atoms. The predicted octanol–water partition coefficient (Wildman–Crippen LogP) is 3.17. The van der Waals surface area contributed by atoms with Crippen LogP contribution in [0.15, 0.2) is 42.5 Å². The van der Waals surface area contributed by atoms with Crippen LogP contribution in [0.1, 0.15) is 19.8 Å². The van der Waals surface area contributed by atoms with Crippen molar-refractivity contribution in [1.29, 1.82) is 0 Å². The number of amides is 1. The van der Waals surface area contributed by atoms with Gasteiger partial charge in [0, 0.05) is 17.1 Å². The fourth-order valence-electron chi connectivity index (χ4n) is 2.96. The van der Waals surface area contributed by atoms with Gasteiger partial charge < -0.3 is 10.6 Å². The lowest BCUT2D eigenvalue weighted by Crippen LogP contribution is -2.44. The Morgan fingerprint density at radius 3 is 2.85 bits per heavy atom. The van der Waals surface area contributed by atoms with E-state index in [0.717, 1.165) is 35.8 Å². The Labute approximate surface area is 119 Å². The van der Waals surface area contributed by atoms with Gasteiger partial charge in [0.05, 0.1) is 5.92 Å². The molecule has 0 spiro atoms. The Bertz CT molecular complexity index is 618. The van der Waals surface area contributed by atoms with Crippen molar-refractivity contribution in [3.05, 3.63) is 42.5 Å². The molecule has 1 heterocycles. The summed E-state index contributed by atoms with van der Waals surface area (Å²) < 4.78 is 0. The molecule has 0 aromatic heterocycles. The van der Waals surface area contributed by atoms with Gasteiger partial charge in [-0.3, -0.25) is 4.79 Å². The molecule has 1 aliphatic heterocycles. The fourth-order valence-corrected chi connectivity index (χ4v) is 2.96. The van der Waals surface area contributed by atoms with E-state index in [1.54, 1.807) is 0 Å². The van der Waals surface area contributed by atoms with E-state index in [1.807, 2.05) is 30.3 Å². The monoisotopic (exact) mass is 268 g/mol. The highest BCUT2D eigenvalue weighted by Gasteiger charge is 2.27. The van der Waals surface area contributed by atoms with Gasteiger partial charge in [-0.15, -0.1) is 0 Å². The zero-order valence-corrected chi connectivity index (χ0v) is 11.7. The molecule has 1 saturated heterocycles. The molecule has 1 fully saturated rings. The minimum absolute atomic E-state index is 0.0581. The molecule has 2 atom stereocenters. The van der Waals surface area contributed by atoms with E-state index < -0.39 is 0 Å². The number of fused-ring (bicyclic) bond motifs is 1. The molecule has 104 valence electrons. The van der Waals surface area contributed by atoms with Gasteiger partial charge >= 0.3 is 0 Å². The maximum Gasteiger partial charge on any atom is 0.229 e. The van der Waals surface area contributed by atoms with Crippen molar-refractivity contribution in [3.8, 4) is 0 Å². The largest absolute Gasteiger partial charge is 0.325 e. The van der Waals surface area contributed by atoms with Crippen LogP contribution in [-0.4, -0.2) is 18.5 Å². The number of carbonyl (C=O) groups excluding carboxylic acids is 1. The molecular weight excluding hydrogens is 248 g/mol. The van der Waals surface area contributed by atoms with Crippen LogP contribution in [-0.2, 0) is 4.79 Å². The summed E-state index contributed by atoms with van der Waals surface area (Å²) in [7, 11) is 0. The Morgan fingerprint density at radius 2 is 2.00 bits per heavy atom. The van der Waals surface area contributed by atoms with Crippen LogP contribution >= 0.6 is 0 Å². The fraction of sp³-hybridized carbons (Fsp3) is 0.353. The molecule has 0 radical (unpaired) electrons. The Hall–Kier alpha value is -1.87. The SMILES string of the molecule is CC1NCCCC1C(=O)Nc1cccc2ccccc12. The lowest BCUT2D eigenvalue weighted by molar-refractivity contribution is -0.121. The summed E-state index contributed by atoms with van der Waals surface area (Å²) in [6.07, 6.45) is 2.03. The zero-order valence-electron chi connectivity index (χ0n) is 11.7. The highest BCUT2D eigenvalue weighted by molar-refractivity contribution is 6.02. The van der Waals surface area contributed by atoms with E-state index in [9.17, 15) is 4.79 Å². The molecule has 0 bridgehead atoms. The summed E-state index contributed by atoms with van der Waals surface area (Å²) in [5, 5.41) is 8.73. The standard InChI is InChI=1S/C17H20N2O/c1-12-14(9-5-11-18-12)17(20)19-16-10-4-7-13-6-2-3-8-15(13)16/h2-4,6-8,10,12,14,18H,5,9,11H2,1H3,(H,19,20). The van der Waals surface area contributed by atoms with Crippen LogP contribution < -0.4 is 10.6 Å². The molecule has 2 N–H and O–H groups in total. The Morgan fingerprint density at radius 1 is 1.20 bits per heavy atom. The predicted molar refractivity (Wildman–Crippen MR) is 82.8 cm³/mol. The van der Waals surface area contributed by atoms with E-state index in [-0.39, 0.29) is 17.9 Å². The first kappa shape index (κ1) is 13.1. The topological polar surface area (TPSA) is 41.1 Å². The molecular formula is C17H20N2O. The molecule has 2 aromatic carbocycles. The van der Waals surface area contributed by atoms with Crippen molar-refractivity contribution >= 4 is 22.4 Å². The first-order valence-electron chi connectivity index (χ1n) is 7.28. The second kappa shape index (κ2) is 5.63. The van der Waals surface area contributed by atoms with Gasteiger partial charge in [-0.25, -0.2) is 0 Å². The zero-order chi connectivity index (χ0) is 13.9. The molecule has 2 unspecified atom stereocenters. The average Bonchev–Trinajstić information content (AvgIpc) is 2.48. The van der Waals surface area contributed by atoms with Gasteiger partial charge in [0.2, 0.25) is 5.91 Å². The van der Waals surface area contributed by atoms with Crippen molar-refractivity contribution in [1.82, 2.24) is 5.32 Å². The van der Waals surface area contributed by atoms with Crippen molar-refractivity contribution in [2.24, 2.45) is 5.92 Å². The lowest BCUT2D eigenvalue weighted by Gasteiger charge is -2.29. The van der Waals surface area contributed by atoms with Crippen molar-refractivity contribution in [2.45, 2.75) is 25.8 Å². The van der Waals surface area contributed by atoms with Crippen LogP contribution in [0, 0.1) is 5.92 Å². The average molecular weight is 268 g/mol. The smallest absolute Gasteiger partial charge is 0.229 e. The van der Waals surface area contributed by atoms with E-state index in [4.69, 9.17) is 0 Å². The summed E-state index contributed by atoms with van der Waals surface area (Å²) in [6.45, 7) is 3.10. The van der Waals surface area contributed by atoms with Gasteiger partial charge in [-0.1, -0.05) is 36.4 Å². The summed E-state index contributed by atoms with van der Waals surface area (Å²) in [5.74, 6) is 0.184. The molecule has 2 aromatic rings. The van der Waals surface area contributed by atoms with E-state index in [1.165, 1.54) is 0 Å². The van der Waals surface area contributed by atoms with Gasteiger partial charge in [0.25, 0.3) is 0 Å². The van der Waals surface area contributed by atoms with Gasteiger partial charge in [-0.2, -0.15) is 0 Å². The molecule has 3 rings (SSSR count). The summed E-state index contributed by atoms with van der Waals surface area (Å²) >= 11 is 0. The van der Waals surface area contributed by atoms with Gasteiger partial charge in [-0.05, 0) is 37.8 Å². The number of piperidine rings is 1. The number of rotatable bonds is 2. The number of benzene rings is 2. The molecule has 0 saturated carbocycles. The Kier molecular flexibility index (Phi) is 3.70. The van der Waals surface area contributed by atoms with Crippen LogP contribution in [0.25, 0.3) is 10.8 Å². The highest BCUT2D eigenvalue weighted by Crippen LogP contribution is 2.25. The molecule has 1 aliphatic rings. The quantitative estimate of drug-likeness (QED) is 0.878. The van der Waals surface area contributed by atoms with Gasteiger partial charge in [0.15, 0.2) is 0 Å². The first-order valence-corrected chi connectivity index (χ1v) is 7.28. The third-order valence-corrected chi connectivity index (χ3v) is 4.15. The summed E-state index contributed by atoms with van der Waals surface area (Å²) in [4.78, 5) is 12.5. The normalized spacial score (nSPS) is 22.6. The van der Waals surface area contributed by atoms with Crippen LogP contribution in [0.2, 0.25) is 0 Å². The van der Waals surface area contributed by atoms with Crippen molar-refractivity contribution in [2.75, 3.05) is 11.9 Å². The number of hydrogen-bond donors (Lipinski definition) is 2. The van der Waals surface area contributed by atoms with E-state index in [2.05, 4.69) is 29.7 Å². The summed E-state index contributed by atoms with van der Waals surface area (Å²) in [6, 6.07) is 14.4. The van der Waals surface area contributed by atoms with Crippen molar-refractivity contribution in [3.63, 3.8) is 0 Å². The molecule has 0 aliphatic carbocycles. The molecule has 3 nitrogen and oxygen atoms in total. The van der Waals surface area contributed by atoms with E-state index >= 15 is 0 Å². The Balaban J connectivity index is 1.84. The maximum absolute atomic E-state index is 12.5. The second-order valence-corrected chi connectivity index (χ2v) is 5.51. The van der Waals surface area contributed by atoms with Crippen molar-refractivity contribution < 1.29 is 4.79 Å². The number of anilines is 1. The van der Waals surface area contributed by atoms with E-state index in [0.29, 0.717) is 0 Å². The second-order valence-electron chi connectivity index (χ2n) is 5.51. The van der Waals surface area contributed by atoms with Crippen LogP contribution in [0.4, 0.5) is 5.69 Å².